The van der Waals surface area contributed by atoms with Crippen LogP contribution in [0.4, 0.5) is 0 Å². The Bertz CT molecular complexity index is 455. The third-order valence-corrected chi connectivity index (χ3v) is 3.72. The average Bonchev–Trinajstić information content (AvgIpc) is 2.81. The topological polar surface area (TPSA) is 15.8 Å². The number of aromatic nitrogens is 1. The van der Waals surface area contributed by atoms with Crippen molar-refractivity contribution in [3.63, 3.8) is 0 Å². The Hall–Kier alpha value is -1.24. The summed E-state index contributed by atoms with van der Waals surface area (Å²) in [4.78, 5) is 3.36. The standard InChI is InChI=1S/C17H25N/c1-2-3-4-5-6-7-8-11-15-14-18-17-13-10-9-12-16(15)17/h9-10,12-14,18H,2-8,11H2,1H3. The minimum atomic E-state index is 1.22. The van der Waals surface area contributed by atoms with Crippen LogP contribution in [0.5, 0.6) is 0 Å². The molecule has 0 aliphatic carbocycles. The first-order valence-corrected chi connectivity index (χ1v) is 7.47. The first kappa shape index (κ1) is 13.2. The summed E-state index contributed by atoms with van der Waals surface area (Å²) in [6, 6.07) is 8.60. The van der Waals surface area contributed by atoms with Gasteiger partial charge in [-0.15, -0.1) is 0 Å². The Morgan fingerprint density at radius 1 is 0.889 bits per heavy atom. The Morgan fingerprint density at radius 3 is 2.44 bits per heavy atom. The predicted molar refractivity (Wildman–Crippen MR) is 80.0 cm³/mol. The van der Waals surface area contributed by atoms with Crippen LogP contribution in [0.2, 0.25) is 0 Å². The highest BCUT2D eigenvalue weighted by molar-refractivity contribution is 5.82. The van der Waals surface area contributed by atoms with E-state index >= 15 is 0 Å². The quantitative estimate of drug-likeness (QED) is 0.592. The second-order valence-electron chi connectivity index (χ2n) is 5.23. The fourth-order valence-corrected chi connectivity index (χ4v) is 2.61. The normalized spacial score (nSPS) is 11.2. The van der Waals surface area contributed by atoms with Gasteiger partial charge in [0.05, 0.1) is 0 Å². The van der Waals surface area contributed by atoms with Crippen molar-refractivity contribution >= 4 is 10.9 Å². The van der Waals surface area contributed by atoms with E-state index in [0.717, 1.165) is 0 Å². The third kappa shape index (κ3) is 3.63. The van der Waals surface area contributed by atoms with Gasteiger partial charge in [-0.1, -0.05) is 63.6 Å². The lowest BCUT2D eigenvalue weighted by Gasteiger charge is -2.01. The second-order valence-corrected chi connectivity index (χ2v) is 5.23. The van der Waals surface area contributed by atoms with Crippen LogP contribution in [0.1, 0.15) is 57.4 Å². The number of rotatable bonds is 8. The van der Waals surface area contributed by atoms with Gasteiger partial charge in [0.1, 0.15) is 0 Å². The summed E-state index contributed by atoms with van der Waals surface area (Å²) in [7, 11) is 0. The molecular formula is C17H25N. The van der Waals surface area contributed by atoms with Crippen molar-refractivity contribution in [2.75, 3.05) is 0 Å². The van der Waals surface area contributed by atoms with Gasteiger partial charge in [-0.3, -0.25) is 0 Å². The van der Waals surface area contributed by atoms with E-state index in [1.165, 1.54) is 67.8 Å². The summed E-state index contributed by atoms with van der Waals surface area (Å²) in [6.07, 6.45) is 13.1. The number of fused-ring (bicyclic) bond motifs is 1. The number of unbranched alkanes of at least 4 members (excludes halogenated alkanes) is 6. The van der Waals surface area contributed by atoms with Crippen molar-refractivity contribution in [2.24, 2.45) is 0 Å². The minimum absolute atomic E-state index is 1.22. The summed E-state index contributed by atoms with van der Waals surface area (Å²) in [5, 5.41) is 1.41. The zero-order valence-corrected chi connectivity index (χ0v) is 11.5. The Balaban J connectivity index is 1.70. The van der Waals surface area contributed by atoms with E-state index in [1.807, 2.05) is 0 Å². The van der Waals surface area contributed by atoms with E-state index < -0.39 is 0 Å². The minimum Gasteiger partial charge on any atom is -0.361 e. The molecule has 1 nitrogen and oxygen atoms in total. The molecule has 1 aromatic carbocycles. The monoisotopic (exact) mass is 243 g/mol. The predicted octanol–water partition coefficient (Wildman–Crippen LogP) is 5.46. The molecule has 98 valence electrons. The van der Waals surface area contributed by atoms with E-state index in [2.05, 4.69) is 42.4 Å². The van der Waals surface area contributed by atoms with Crippen LogP contribution in [-0.2, 0) is 6.42 Å². The molecule has 1 heterocycles. The van der Waals surface area contributed by atoms with Crippen LogP contribution in [0.3, 0.4) is 0 Å². The lowest BCUT2D eigenvalue weighted by molar-refractivity contribution is 0.590. The molecule has 0 fully saturated rings. The summed E-state index contributed by atoms with van der Waals surface area (Å²) < 4.78 is 0. The van der Waals surface area contributed by atoms with Gasteiger partial charge in [-0.2, -0.15) is 0 Å². The molecule has 1 N–H and O–H groups in total. The van der Waals surface area contributed by atoms with Gasteiger partial charge in [0, 0.05) is 17.1 Å². The molecule has 0 aliphatic heterocycles. The second kappa shape index (κ2) is 7.25. The zero-order valence-electron chi connectivity index (χ0n) is 11.5. The van der Waals surface area contributed by atoms with Crippen LogP contribution in [-0.4, -0.2) is 4.98 Å². The molecule has 1 heteroatoms. The number of aromatic amines is 1. The van der Waals surface area contributed by atoms with Crippen LogP contribution < -0.4 is 0 Å². The number of nitrogens with one attached hydrogen (secondary N) is 1. The molecule has 0 radical (unpaired) electrons. The number of hydrogen-bond acceptors (Lipinski definition) is 0. The third-order valence-electron chi connectivity index (χ3n) is 3.72. The van der Waals surface area contributed by atoms with Gasteiger partial charge in [-0.25, -0.2) is 0 Å². The van der Waals surface area contributed by atoms with Crippen LogP contribution in [0.15, 0.2) is 30.5 Å². The smallest absolute Gasteiger partial charge is 0.0456 e. The van der Waals surface area contributed by atoms with Crippen molar-refractivity contribution in [3.05, 3.63) is 36.0 Å². The van der Waals surface area contributed by atoms with E-state index in [0.29, 0.717) is 0 Å². The Kier molecular flexibility index (Phi) is 5.32. The van der Waals surface area contributed by atoms with Gasteiger partial charge < -0.3 is 4.98 Å². The van der Waals surface area contributed by atoms with Gasteiger partial charge >= 0.3 is 0 Å². The maximum Gasteiger partial charge on any atom is 0.0456 e. The molecule has 0 saturated carbocycles. The fourth-order valence-electron chi connectivity index (χ4n) is 2.61. The molecule has 0 amide bonds. The molecule has 0 aliphatic rings. The highest BCUT2D eigenvalue weighted by Crippen LogP contribution is 2.20. The van der Waals surface area contributed by atoms with Crippen LogP contribution in [0, 0.1) is 0 Å². The Labute approximate surface area is 111 Å². The SMILES string of the molecule is CCCCCCCCCc1c[nH]c2ccccc12. The zero-order chi connectivity index (χ0) is 12.6. The number of para-hydroxylation sites is 1. The van der Waals surface area contributed by atoms with E-state index in [-0.39, 0.29) is 0 Å². The lowest BCUT2D eigenvalue weighted by atomic mass is 10.0. The molecule has 0 bridgehead atoms. The van der Waals surface area contributed by atoms with Crippen molar-refractivity contribution < 1.29 is 0 Å². The van der Waals surface area contributed by atoms with Gasteiger partial charge in [0.15, 0.2) is 0 Å². The van der Waals surface area contributed by atoms with Crippen molar-refractivity contribution in [3.8, 4) is 0 Å². The molecule has 0 saturated heterocycles. The largest absolute Gasteiger partial charge is 0.361 e. The highest BCUT2D eigenvalue weighted by atomic mass is 14.7. The number of hydrogen-bond donors (Lipinski definition) is 1. The van der Waals surface area contributed by atoms with Crippen LogP contribution in [0.25, 0.3) is 10.9 Å². The van der Waals surface area contributed by atoms with Gasteiger partial charge in [0.25, 0.3) is 0 Å². The average molecular weight is 243 g/mol. The molecule has 0 unspecified atom stereocenters. The first-order chi connectivity index (χ1) is 8.92. The molecule has 2 rings (SSSR count). The summed E-state index contributed by atoms with van der Waals surface area (Å²) in [6.45, 7) is 2.27. The number of H-pyrrole nitrogens is 1. The van der Waals surface area contributed by atoms with E-state index in [4.69, 9.17) is 0 Å². The van der Waals surface area contributed by atoms with Crippen molar-refractivity contribution in [1.82, 2.24) is 4.98 Å². The number of benzene rings is 1. The summed E-state index contributed by atoms with van der Waals surface area (Å²) in [5.41, 5.74) is 2.76. The number of aryl methyl sites for hydroxylation is 1. The van der Waals surface area contributed by atoms with Crippen molar-refractivity contribution in [1.29, 1.82) is 0 Å². The van der Waals surface area contributed by atoms with Gasteiger partial charge in [-0.05, 0) is 24.5 Å². The first-order valence-electron chi connectivity index (χ1n) is 7.47. The lowest BCUT2D eigenvalue weighted by Crippen LogP contribution is -1.85. The molecule has 0 atom stereocenters. The maximum atomic E-state index is 3.36. The van der Waals surface area contributed by atoms with Crippen molar-refractivity contribution in [2.45, 2.75) is 58.3 Å². The van der Waals surface area contributed by atoms with E-state index in [9.17, 15) is 0 Å². The molecule has 18 heavy (non-hydrogen) atoms. The summed E-state index contributed by atoms with van der Waals surface area (Å²) >= 11 is 0. The summed E-state index contributed by atoms with van der Waals surface area (Å²) in [5.74, 6) is 0. The maximum absolute atomic E-state index is 3.36. The molecule has 0 spiro atoms. The highest BCUT2D eigenvalue weighted by Gasteiger charge is 2.01. The molecular weight excluding hydrogens is 218 g/mol. The fraction of sp³-hybridized carbons (Fsp3) is 0.529. The molecule has 2 aromatic rings. The molecule has 1 aromatic heterocycles. The van der Waals surface area contributed by atoms with Crippen LogP contribution >= 0.6 is 0 Å². The Morgan fingerprint density at radius 2 is 1.61 bits per heavy atom. The van der Waals surface area contributed by atoms with Gasteiger partial charge in [0.2, 0.25) is 0 Å². The van der Waals surface area contributed by atoms with E-state index in [1.54, 1.807) is 0 Å².